The average Bonchev–Trinajstić information content (AvgIpc) is 2.18. The van der Waals surface area contributed by atoms with Crippen molar-refractivity contribution >= 4 is 21.9 Å². The number of rotatable bonds is 3. The Morgan fingerprint density at radius 2 is 2.29 bits per heavy atom. The van der Waals surface area contributed by atoms with Crippen molar-refractivity contribution < 1.29 is 13.9 Å². The van der Waals surface area contributed by atoms with Crippen molar-refractivity contribution in [3.63, 3.8) is 0 Å². The summed E-state index contributed by atoms with van der Waals surface area (Å²) in [6.07, 6.45) is 0. The Morgan fingerprint density at radius 3 is 2.93 bits per heavy atom. The topological polar surface area (TPSA) is 26.3 Å². The predicted molar refractivity (Wildman–Crippen MR) is 55.1 cm³/mol. The van der Waals surface area contributed by atoms with Gasteiger partial charge >= 0.3 is 5.97 Å². The number of halogens is 2. The zero-order chi connectivity index (χ0) is 10.6. The van der Waals surface area contributed by atoms with Crippen molar-refractivity contribution in [2.45, 2.75) is 6.92 Å². The lowest BCUT2D eigenvalue weighted by molar-refractivity contribution is 0.0480. The maximum Gasteiger partial charge on any atom is 0.339 e. The van der Waals surface area contributed by atoms with Gasteiger partial charge in [0.05, 0.1) is 5.56 Å². The SMILES string of the molecule is Cc1cccc(C(=O)OCCF)c1Br. The van der Waals surface area contributed by atoms with Crippen LogP contribution in [0.2, 0.25) is 0 Å². The summed E-state index contributed by atoms with van der Waals surface area (Å²) in [6.45, 7) is 1.02. The van der Waals surface area contributed by atoms with Gasteiger partial charge in [-0.15, -0.1) is 0 Å². The monoisotopic (exact) mass is 260 g/mol. The summed E-state index contributed by atoms with van der Waals surface area (Å²) < 4.78 is 17.1. The van der Waals surface area contributed by atoms with Gasteiger partial charge in [-0.3, -0.25) is 0 Å². The molecule has 0 bridgehead atoms. The molecular formula is C10H10BrFO2. The summed E-state index contributed by atoms with van der Waals surface area (Å²) in [6, 6.07) is 5.26. The molecule has 0 amide bonds. The number of aryl methyl sites for hydroxylation is 1. The van der Waals surface area contributed by atoms with Crippen LogP contribution in [0.15, 0.2) is 22.7 Å². The number of carbonyl (C=O) groups excluding carboxylic acids is 1. The van der Waals surface area contributed by atoms with Crippen molar-refractivity contribution in [2.75, 3.05) is 13.3 Å². The van der Waals surface area contributed by atoms with Crippen LogP contribution in [-0.4, -0.2) is 19.3 Å². The van der Waals surface area contributed by atoms with Gasteiger partial charge in [0, 0.05) is 4.47 Å². The summed E-state index contributed by atoms with van der Waals surface area (Å²) in [5, 5.41) is 0. The van der Waals surface area contributed by atoms with E-state index < -0.39 is 12.6 Å². The van der Waals surface area contributed by atoms with Crippen LogP contribution in [0.3, 0.4) is 0 Å². The first-order chi connectivity index (χ1) is 6.66. The van der Waals surface area contributed by atoms with Gasteiger partial charge in [-0.2, -0.15) is 0 Å². The Labute approximate surface area is 90.2 Å². The third-order valence-electron chi connectivity index (χ3n) is 1.72. The van der Waals surface area contributed by atoms with Gasteiger partial charge in [0.15, 0.2) is 0 Å². The fourth-order valence-corrected chi connectivity index (χ4v) is 1.44. The Morgan fingerprint density at radius 1 is 1.57 bits per heavy atom. The highest BCUT2D eigenvalue weighted by Gasteiger charge is 2.11. The second kappa shape index (κ2) is 5.10. The van der Waals surface area contributed by atoms with E-state index in [1.807, 2.05) is 13.0 Å². The van der Waals surface area contributed by atoms with E-state index in [-0.39, 0.29) is 6.61 Å². The minimum atomic E-state index is -0.658. The molecule has 0 aliphatic heterocycles. The number of ether oxygens (including phenoxy) is 1. The molecule has 2 nitrogen and oxygen atoms in total. The molecule has 1 aromatic carbocycles. The van der Waals surface area contributed by atoms with Crippen molar-refractivity contribution in [1.29, 1.82) is 0 Å². The molecule has 0 unspecified atom stereocenters. The van der Waals surface area contributed by atoms with Crippen LogP contribution < -0.4 is 0 Å². The molecule has 0 spiro atoms. The summed E-state index contributed by atoms with van der Waals surface area (Å²) in [5.41, 5.74) is 1.37. The predicted octanol–water partition coefficient (Wildman–Crippen LogP) is 2.88. The third-order valence-corrected chi connectivity index (χ3v) is 2.77. The Bertz CT molecular complexity index is 339. The highest BCUT2D eigenvalue weighted by Crippen LogP contribution is 2.21. The molecule has 0 atom stereocenters. The van der Waals surface area contributed by atoms with Gasteiger partial charge in [0.2, 0.25) is 0 Å². The van der Waals surface area contributed by atoms with Gasteiger partial charge in [-0.05, 0) is 34.5 Å². The zero-order valence-electron chi connectivity index (χ0n) is 7.72. The molecule has 0 aromatic heterocycles. The van der Waals surface area contributed by atoms with Crippen molar-refractivity contribution in [1.82, 2.24) is 0 Å². The second-order valence-electron chi connectivity index (χ2n) is 2.76. The van der Waals surface area contributed by atoms with Crippen molar-refractivity contribution in [3.05, 3.63) is 33.8 Å². The largest absolute Gasteiger partial charge is 0.459 e. The molecule has 1 aromatic rings. The average molecular weight is 261 g/mol. The van der Waals surface area contributed by atoms with Crippen LogP contribution in [0.1, 0.15) is 15.9 Å². The quantitative estimate of drug-likeness (QED) is 0.782. The van der Waals surface area contributed by atoms with Crippen LogP contribution in [0.4, 0.5) is 4.39 Å². The van der Waals surface area contributed by atoms with E-state index in [1.165, 1.54) is 0 Å². The molecule has 0 heterocycles. The van der Waals surface area contributed by atoms with Gasteiger partial charge in [-0.1, -0.05) is 12.1 Å². The number of benzene rings is 1. The molecule has 0 N–H and O–H groups in total. The summed E-state index contributed by atoms with van der Waals surface area (Å²) in [7, 11) is 0. The molecule has 0 saturated heterocycles. The molecule has 1 rings (SSSR count). The highest BCUT2D eigenvalue weighted by atomic mass is 79.9. The maximum atomic E-state index is 11.8. The fourth-order valence-electron chi connectivity index (χ4n) is 1.01. The molecule has 4 heteroatoms. The Kier molecular flexibility index (Phi) is 4.07. The van der Waals surface area contributed by atoms with E-state index in [4.69, 9.17) is 0 Å². The second-order valence-corrected chi connectivity index (χ2v) is 3.55. The molecule has 0 fully saturated rings. The van der Waals surface area contributed by atoms with Gasteiger partial charge in [0.25, 0.3) is 0 Å². The van der Waals surface area contributed by atoms with E-state index in [9.17, 15) is 9.18 Å². The summed E-state index contributed by atoms with van der Waals surface area (Å²) in [4.78, 5) is 11.4. The van der Waals surface area contributed by atoms with Crippen LogP contribution in [0.5, 0.6) is 0 Å². The zero-order valence-corrected chi connectivity index (χ0v) is 9.30. The van der Waals surface area contributed by atoms with E-state index in [0.29, 0.717) is 10.0 Å². The van der Waals surface area contributed by atoms with E-state index in [0.717, 1.165) is 5.56 Å². The van der Waals surface area contributed by atoms with Crippen molar-refractivity contribution in [2.24, 2.45) is 0 Å². The first-order valence-corrected chi connectivity index (χ1v) is 4.94. The lowest BCUT2D eigenvalue weighted by atomic mass is 10.1. The van der Waals surface area contributed by atoms with Gasteiger partial charge in [-0.25, -0.2) is 9.18 Å². The number of alkyl halides is 1. The maximum absolute atomic E-state index is 11.8. The standard InChI is InChI=1S/C10H10BrFO2/c1-7-3-2-4-8(9(7)11)10(13)14-6-5-12/h2-4H,5-6H2,1H3. The number of esters is 1. The van der Waals surface area contributed by atoms with E-state index >= 15 is 0 Å². The highest BCUT2D eigenvalue weighted by molar-refractivity contribution is 9.10. The van der Waals surface area contributed by atoms with Crippen LogP contribution in [-0.2, 0) is 4.74 Å². The van der Waals surface area contributed by atoms with Crippen LogP contribution >= 0.6 is 15.9 Å². The normalized spacial score (nSPS) is 9.93. The molecule has 0 radical (unpaired) electrons. The third kappa shape index (κ3) is 2.54. The van der Waals surface area contributed by atoms with E-state index in [1.54, 1.807) is 12.1 Å². The molecule has 0 aliphatic rings. The minimum absolute atomic E-state index is 0.195. The minimum Gasteiger partial charge on any atom is -0.459 e. The van der Waals surface area contributed by atoms with Crippen LogP contribution in [0, 0.1) is 6.92 Å². The lowest BCUT2D eigenvalue weighted by Gasteiger charge is -2.05. The number of hydrogen-bond donors (Lipinski definition) is 0. The van der Waals surface area contributed by atoms with E-state index in [2.05, 4.69) is 20.7 Å². The Balaban J connectivity index is 2.84. The number of hydrogen-bond acceptors (Lipinski definition) is 2. The fraction of sp³-hybridized carbons (Fsp3) is 0.300. The molecule has 76 valence electrons. The van der Waals surface area contributed by atoms with Gasteiger partial charge in [0.1, 0.15) is 13.3 Å². The molecular weight excluding hydrogens is 251 g/mol. The number of carbonyl (C=O) groups is 1. The smallest absolute Gasteiger partial charge is 0.339 e. The lowest BCUT2D eigenvalue weighted by Crippen LogP contribution is -2.08. The first kappa shape index (κ1) is 11.2. The molecule has 0 saturated carbocycles. The van der Waals surface area contributed by atoms with Gasteiger partial charge < -0.3 is 4.74 Å². The summed E-state index contributed by atoms with van der Waals surface area (Å²) in [5.74, 6) is -0.502. The molecule has 0 aliphatic carbocycles. The summed E-state index contributed by atoms with van der Waals surface area (Å²) >= 11 is 3.28. The first-order valence-electron chi connectivity index (χ1n) is 4.15. The Hall–Kier alpha value is -0.900. The van der Waals surface area contributed by atoms with Crippen LogP contribution in [0.25, 0.3) is 0 Å². The molecule has 14 heavy (non-hydrogen) atoms. The van der Waals surface area contributed by atoms with Crippen molar-refractivity contribution in [3.8, 4) is 0 Å².